The van der Waals surface area contributed by atoms with Gasteiger partial charge in [0.15, 0.2) is 9.84 Å². The van der Waals surface area contributed by atoms with E-state index in [1.165, 1.54) is 6.26 Å². The number of nitrogens with zero attached hydrogens (tertiary/aromatic N) is 1. The van der Waals surface area contributed by atoms with Crippen LogP contribution in [0.1, 0.15) is 31.0 Å². The summed E-state index contributed by atoms with van der Waals surface area (Å²) < 4.78 is 22.9. The lowest BCUT2D eigenvalue weighted by Gasteiger charge is -2.33. The molecule has 96 valence electrons. The van der Waals surface area contributed by atoms with Crippen molar-refractivity contribution in [2.45, 2.75) is 31.6 Å². The molecule has 1 N–H and O–H groups in total. The topological polar surface area (TPSA) is 59.1 Å². The molecule has 0 radical (unpaired) electrons. The van der Waals surface area contributed by atoms with Crippen molar-refractivity contribution in [1.29, 1.82) is 0 Å². The zero-order valence-electron chi connectivity index (χ0n) is 11.0. The van der Waals surface area contributed by atoms with Crippen molar-refractivity contribution in [2.75, 3.05) is 13.3 Å². The first kappa shape index (κ1) is 14.1. The van der Waals surface area contributed by atoms with E-state index >= 15 is 0 Å². The number of aryl methyl sites for hydroxylation is 1. The largest absolute Gasteiger partial charge is 0.312 e. The Morgan fingerprint density at radius 1 is 1.41 bits per heavy atom. The Morgan fingerprint density at radius 3 is 2.41 bits per heavy atom. The van der Waals surface area contributed by atoms with Crippen molar-refractivity contribution in [3.05, 3.63) is 29.6 Å². The molecule has 0 spiro atoms. The van der Waals surface area contributed by atoms with Crippen LogP contribution in [0.2, 0.25) is 0 Å². The second-order valence-electron chi connectivity index (χ2n) is 4.83. The number of aromatic nitrogens is 1. The first-order valence-corrected chi connectivity index (χ1v) is 7.38. The number of hydrogen-bond donors (Lipinski definition) is 1. The van der Waals surface area contributed by atoms with E-state index < -0.39 is 14.6 Å². The molecule has 1 rings (SSSR count). The lowest BCUT2D eigenvalue weighted by Crippen LogP contribution is -2.44. The second kappa shape index (κ2) is 4.74. The van der Waals surface area contributed by atoms with Crippen molar-refractivity contribution >= 4 is 9.84 Å². The Bertz CT molecular complexity index is 495. The molecule has 0 aliphatic heterocycles. The molecule has 0 aliphatic rings. The number of sulfone groups is 1. The third-order valence-corrected chi connectivity index (χ3v) is 5.48. The summed E-state index contributed by atoms with van der Waals surface area (Å²) in [7, 11) is -1.40. The van der Waals surface area contributed by atoms with Gasteiger partial charge < -0.3 is 5.32 Å². The fourth-order valence-electron chi connectivity index (χ4n) is 1.87. The van der Waals surface area contributed by atoms with Crippen LogP contribution >= 0.6 is 0 Å². The number of pyridine rings is 1. The van der Waals surface area contributed by atoms with Gasteiger partial charge >= 0.3 is 0 Å². The Morgan fingerprint density at radius 2 is 2.00 bits per heavy atom. The first-order chi connectivity index (χ1) is 7.71. The van der Waals surface area contributed by atoms with Crippen molar-refractivity contribution < 1.29 is 8.42 Å². The lowest BCUT2D eigenvalue weighted by atomic mass is 9.93. The van der Waals surface area contributed by atoms with Crippen LogP contribution in [0.4, 0.5) is 0 Å². The maximum Gasteiger partial charge on any atom is 0.154 e. The highest BCUT2D eigenvalue weighted by atomic mass is 32.2. The predicted molar refractivity (Wildman–Crippen MR) is 69.7 cm³/mol. The smallest absolute Gasteiger partial charge is 0.154 e. The van der Waals surface area contributed by atoms with Crippen LogP contribution < -0.4 is 5.32 Å². The zero-order valence-corrected chi connectivity index (χ0v) is 11.8. The molecule has 17 heavy (non-hydrogen) atoms. The highest BCUT2D eigenvalue weighted by Gasteiger charge is 2.39. The molecule has 1 atom stereocenters. The van der Waals surface area contributed by atoms with Crippen molar-refractivity contribution in [2.24, 2.45) is 0 Å². The molecule has 5 heteroatoms. The minimum Gasteiger partial charge on any atom is -0.312 e. The Labute approximate surface area is 103 Å². The highest BCUT2D eigenvalue weighted by molar-refractivity contribution is 7.92. The van der Waals surface area contributed by atoms with Crippen LogP contribution in [-0.2, 0) is 9.84 Å². The maximum absolute atomic E-state index is 11.9. The third-order valence-electron chi connectivity index (χ3n) is 3.33. The van der Waals surface area contributed by atoms with Crippen LogP contribution in [0, 0.1) is 6.92 Å². The van der Waals surface area contributed by atoms with Gasteiger partial charge in [-0.2, -0.15) is 0 Å². The number of hydrogen-bond acceptors (Lipinski definition) is 4. The summed E-state index contributed by atoms with van der Waals surface area (Å²) in [5.41, 5.74) is 1.96. The molecule has 0 amide bonds. The van der Waals surface area contributed by atoms with E-state index in [9.17, 15) is 8.42 Å². The zero-order chi connectivity index (χ0) is 13.3. The van der Waals surface area contributed by atoms with E-state index in [4.69, 9.17) is 0 Å². The maximum atomic E-state index is 11.9. The monoisotopic (exact) mass is 256 g/mol. The summed E-state index contributed by atoms with van der Waals surface area (Å²) in [6, 6.07) is 1.61. The molecule has 0 bridgehead atoms. The van der Waals surface area contributed by atoms with Crippen LogP contribution in [0.15, 0.2) is 18.5 Å². The average molecular weight is 256 g/mol. The minimum atomic E-state index is -3.17. The summed E-state index contributed by atoms with van der Waals surface area (Å²) in [6.07, 6.45) is 4.70. The first-order valence-electron chi connectivity index (χ1n) is 5.49. The normalized spacial score (nSPS) is 14.6. The van der Waals surface area contributed by atoms with Gasteiger partial charge in [0.25, 0.3) is 0 Å². The van der Waals surface area contributed by atoms with Gasteiger partial charge in [0.2, 0.25) is 0 Å². The third kappa shape index (κ3) is 2.66. The van der Waals surface area contributed by atoms with Crippen LogP contribution in [-0.4, -0.2) is 31.5 Å². The van der Waals surface area contributed by atoms with E-state index in [2.05, 4.69) is 10.3 Å². The standard InChI is InChI=1S/C12H20N2O2S/c1-9-6-7-14-8-10(9)11(13-4)12(2,3)17(5,15)16/h6-8,11,13H,1-5H3. The molecular weight excluding hydrogens is 236 g/mol. The average Bonchev–Trinajstić information content (AvgIpc) is 2.20. The molecule has 0 aliphatic carbocycles. The van der Waals surface area contributed by atoms with E-state index in [0.717, 1.165) is 11.1 Å². The Hall–Kier alpha value is -0.940. The van der Waals surface area contributed by atoms with Gasteiger partial charge in [-0.3, -0.25) is 4.98 Å². The van der Waals surface area contributed by atoms with Gasteiger partial charge in [0.05, 0.1) is 10.8 Å². The molecule has 0 saturated heterocycles. The molecule has 0 aromatic carbocycles. The van der Waals surface area contributed by atoms with Gasteiger partial charge in [-0.15, -0.1) is 0 Å². The minimum absolute atomic E-state index is 0.272. The molecule has 1 heterocycles. The van der Waals surface area contributed by atoms with Crippen molar-refractivity contribution in [3.8, 4) is 0 Å². The van der Waals surface area contributed by atoms with Crippen LogP contribution in [0.5, 0.6) is 0 Å². The fraction of sp³-hybridized carbons (Fsp3) is 0.583. The number of nitrogens with one attached hydrogen (secondary N) is 1. The predicted octanol–water partition coefficient (Wildman–Crippen LogP) is 1.47. The Kier molecular flexibility index (Phi) is 3.94. The molecule has 0 fully saturated rings. The van der Waals surface area contributed by atoms with Crippen molar-refractivity contribution in [3.63, 3.8) is 0 Å². The molecule has 0 saturated carbocycles. The van der Waals surface area contributed by atoms with Gasteiger partial charge in [0.1, 0.15) is 0 Å². The second-order valence-corrected chi connectivity index (χ2v) is 7.43. The fourth-order valence-corrected chi connectivity index (χ4v) is 2.54. The van der Waals surface area contributed by atoms with E-state index in [1.54, 1.807) is 33.3 Å². The molecule has 4 nitrogen and oxygen atoms in total. The summed E-state index contributed by atoms with van der Waals surface area (Å²) in [6.45, 7) is 5.42. The molecule has 1 unspecified atom stereocenters. The molecule has 1 aromatic rings. The Balaban J connectivity index is 3.31. The SMILES string of the molecule is CNC(c1cnccc1C)C(C)(C)S(C)(=O)=O. The summed E-state index contributed by atoms with van der Waals surface area (Å²) in [5.74, 6) is 0. The van der Waals surface area contributed by atoms with E-state index in [-0.39, 0.29) is 6.04 Å². The van der Waals surface area contributed by atoms with E-state index in [0.29, 0.717) is 0 Å². The van der Waals surface area contributed by atoms with Crippen LogP contribution in [0.25, 0.3) is 0 Å². The summed E-state index contributed by atoms with van der Waals surface area (Å²) >= 11 is 0. The van der Waals surface area contributed by atoms with Crippen LogP contribution in [0.3, 0.4) is 0 Å². The summed E-state index contributed by atoms with van der Waals surface area (Å²) in [4.78, 5) is 4.08. The van der Waals surface area contributed by atoms with Gasteiger partial charge in [-0.25, -0.2) is 8.42 Å². The van der Waals surface area contributed by atoms with Gasteiger partial charge in [0, 0.05) is 18.6 Å². The van der Waals surface area contributed by atoms with Gasteiger partial charge in [-0.1, -0.05) is 0 Å². The molecule has 1 aromatic heterocycles. The highest BCUT2D eigenvalue weighted by Crippen LogP contribution is 2.32. The van der Waals surface area contributed by atoms with E-state index in [1.807, 2.05) is 13.0 Å². The lowest BCUT2D eigenvalue weighted by molar-refractivity contribution is 0.444. The number of rotatable bonds is 4. The quantitative estimate of drug-likeness (QED) is 0.886. The van der Waals surface area contributed by atoms with Gasteiger partial charge in [-0.05, 0) is 45.0 Å². The van der Waals surface area contributed by atoms with Crippen molar-refractivity contribution in [1.82, 2.24) is 10.3 Å². The molecular formula is C12H20N2O2S. The summed E-state index contributed by atoms with van der Waals surface area (Å²) in [5, 5.41) is 3.09.